The van der Waals surface area contributed by atoms with Crippen molar-refractivity contribution in [1.82, 2.24) is 5.43 Å². The number of aromatic hydroxyl groups is 1. The number of phenolic OH excluding ortho intramolecular Hbond substituents is 1. The summed E-state index contributed by atoms with van der Waals surface area (Å²) in [4.78, 5) is 11.6. The maximum atomic E-state index is 11.6. The van der Waals surface area contributed by atoms with Gasteiger partial charge in [0.15, 0.2) is 6.61 Å². The number of amides is 1. The molecule has 0 saturated carbocycles. The first-order valence-electron chi connectivity index (χ1n) is 6.34. The van der Waals surface area contributed by atoms with E-state index in [0.717, 1.165) is 5.56 Å². The Morgan fingerprint density at radius 3 is 2.48 bits per heavy atom. The third-order valence-corrected chi connectivity index (χ3v) is 4.52. The summed E-state index contributed by atoms with van der Waals surface area (Å²) in [5.74, 6) is 0.416. The van der Waals surface area contributed by atoms with Crippen LogP contribution in [-0.2, 0) is 4.79 Å². The highest BCUT2D eigenvalue weighted by Gasteiger charge is 2.05. The van der Waals surface area contributed by atoms with Crippen molar-refractivity contribution in [3.8, 4) is 11.5 Å². The number of hydrazone groups is 1. The minimum absolute atomic E-state index is 0.149. The molecule has 0 unspecified atom stereocenters. The van der Waals surface area contributed by atoms with Crippen LogP contribution in [0.5, 0.6) is 11.5 Å². The van der Waals surface area contributed by atoms with Crippen molar-refractivity contribution < 1.29 is 14.6 Å². The van der Waals surface area contributed by atoms with E-state index < -0.39 is 0 Å². The van der Waals surface area contributed by atoms with Gasteiger partial charge in [-0.05, 0) is 87.1 Å². The van der Waals surface area contributed by atoms with E-state index in [4.69, 9.17) is 16.3 Å². The van der Waals surface area contributed by atoms with Crippen LogP contribution in [0.2, 0.25) is 5.02 Å². The first-order chi connectivity index (χ1) is 11.0. The summed E-state index contributed by atoms with van der Waals surface area (Å²) in [6.07, 6.45) is 1.50. The standard InChI is InChI=1S/C15H11ClI2N2O3/c16-10-1-3-11(4-2-10)23-8-14(21)20-19-7-9-5-12(17)15(22)13(18)6-9/h1-7,22H,8H2,(H,20,21)/b19-7+. The van der Waals surface area contributed by atoms with E-state index in [0.29, 0.717) is 17.9 Å². The molecule has 2 N–H and O–H groups in total. The molecular formula is C15H11ClI2N2O3. The molecule has 0 bridgehead atoms. The Morgan fingerprint density at radius 2 is 1.87 bits per heavy atom. The number of hydrogen-bond donors (Lipinski definition) is 2. The highest BCUT2D eigenvalue weighted by molar-refractivity contribution is 14.1. The topological polar surface area (TPSA) is 70.9 Å². The number of carbonyl (C=O) groups excluding carboxylic acids is 1. The lowest BCUT2D eigenvalue weighted by Gasteiger charge is -2.05. The SMILES string of the molecule is O=C(COc1ccc(Cl)cc1)N/N=C/c1cc(I)c(O)c(I)c1. The monoisotopic (exact) mass is 556 g/mol. The van der Waals surface area contributed by atoms with Gasteiger partial charge in [-0.2, -0.15) is 5.10 Å². The summed E-state index contributed by atoms with van der Waals surface area (Å²) in [5.41, 5.74) is 3.15. The average Bonchev–Trinajstić information content (AvgIpc) is 2.52. The highest BCUT2D eigenvalue weighted by Crippen LogP contribution is 2.26. The van der Waals surface area contributed by atoms with E-state index >= 15 is 0 Å². The number of rotatable bonds is 5. The van der Waals surface area contributed by atoms with Crippen molar-refractivity contribution in [1.29, 1.82) is 0 Å². The number of halogens is 3. The van der Waals surface area contributed by atoms with Gasteiger partial charge in [0, 0.05) is 5.02 Å². The lowest BCUT2D eigenvalue weighted by atomic mass is 10.2. The number of carbonyl (C=O) groups is 1. The second-order valence-electron chi connectivity index (χ2n) is 4.37. The van der Waals surface area contributed by atoms with Crippen molar-refractivity contribution in [2.75, 3.05) is 6.61 Å². The molecule has 0 radical (unpaired) electrons. The Labute approximate surface area is 165 Å². The van der Waals surface area contributed by atoms with Crippen molar-refractivity contribution in [2.24, 2.45) is 5.10 Å². The smallest absolute Gasteiger partial charge is 0.277 e. The van der Waals surface area contributed by atoms with Gasteiger partial charge in [0.1, 0.15) is 11.5 Å². The number of nitrogens with zero attached hydrogens (tertiary/aromatic N) is 1. The molecule has 0 aliphatic heterocycles. The number of ether oxygens (including phenoxy) is 1. The number of hydrogen-bond acceptors (Lipinski definition) is 4. The largest absolute Gasteiger partial charge is 0.506 e. The molecular weight excluding hydrogens is 545 g/mol. The minimum Gasteiger partial charge on any atom is -0.506 e. The lowest BCUT2D eigenvalue weighted by molar-refractivity contribution is -0.123. The van der Waals surface area contributed by atoms with Crippen LogP contribution in [-0.4, -0.2) is 23.8 Å². The van der Waals surface area contributed by atoms with E-state index in [1.807, 2.05) is 45.2 Å². The Morgan fingerprint density at radius 1 is 1.26 bits per heavy atom. The highest BCUT2D eigenvalue weighted by atomic mass is 127. The zero-order valence-corrected chi connectivity index (χ0v) is 16.7. The minimum atomic E-state index is -0.376. The van der Waals surface area contributed by atoms with E-state index in [2.05, 4.69) is 10.5 Å². The first-order valence-corrected chi connectivity index (χ1v) is 8.87. The quantitative estimate of drug-likeness (QED) is 0.335. The fourth-order valence-corrected chi connectivity index (χ4v) is 3.49. The van der Waals surface area contributed by atoms with Crippen LogP contribution in [0.3, 0.4) is 0 Å². The fourth-order valence-electron chi connectivity index (χ4n) is 1.55. The number of benzene rings is 2. The summed E-state index contributed by atoms with van der Waals surface area (Å²) < 4.78 is 6.73. The van der Waals surface area contributed by atoms with Gasteiger partial charge in [-0.25, -0.2) is 5.43 Å². The van der Waals surface area contributed by atoms with Gasteiger partial charge in [-0.3, -0.25) is 4.79 Å². The predicted octanol–water partition coefficient (Wildman–Crippen LogP) is 3.78. The summed E-state index contributed by atoms with van der Waals surface area (Å²) in [6.45, 7) is -0.149. The van der Waals surface area contributed by atoms with Crippen LogP contribution in [0.15, 0.2) is 41.5 Å². The summed E-state index contributed by atoms with van der Waals surface area (Å²) in [6, 6.07) is 10.2. The van der Waals surface area contributed by atoms with E-state index in [1.165, 1.54) is 6.21 Å². The molecule has 0 aromatic heterocycles. The molecule has 0 spiro atoms. The molecule has 0 aliphatic carbocycles. The number of phenols is 1. The van der Waals surface area contributed by atoms with Crippen molar-refractivity contribution in [3.05, 3.63) is 54.1 Å². The molecule has 0 fully saturated rings. The van der Waals surface area contributed by atoms with Gasteiger partial charge in [0.25, 0.3) is 5.91 Å². The lowest BCUT2D eigenvalue weighted by Crippen LogP contribution is -2.24. The molecule has 1 amide bonds. The van der Waals surface area contributed by atoms with Crippen LogP contribution in [0.4, 0.5) is 0 Å². The summed E-state index contributed by atoms with van der Waals surface area (Å²) in [7, 11) is 0. The van der Waals surface area contributed by atoms with E-state index in [-0.39, 0.29) is 18.3 Å². The van der Waals surface area contributed by atoms with Gasteiger partial charge < -0.3 is 9.84 Å². The van der Waals surface area contributed by atoms with Gasteiger partial charge in [-0.15, -0.1) is 0 Å². The molecule has 2 aromatic carbocycles. The zero-order valence-electron chi connectivity index (χ0n) is 11.6. The van der Waals surface area contributed by atoms with E-state index in [1.54, 1.807) is 36.4 Å². The van der Waals surface area contributed by atoms with Crippen LogP contribution in [0, 0.1) is 7.14 Å². The Kier molecular flexibility index (Phi) is 6.90. The molecule has 0 heterocycles. The van der Waals surface area contributed by atoms with Crippen LogP contribution in [0.1, 0.15) is 5.56 Å². The second-order valence-corrected chi connectivity index (χ2v) is 7.13. The predicted molar refractivity (Wildman–Crippen MR) is 106 cm³/mol. The third-order valence-electron chi connectivity index (χ3n) is 2.63. The zero-order chi connectivity index (χ0) is 16.8. The Balaban J connectivity index is 1.85. The van der Waals surface area contributed by atoms with Crippen LogP contribution < -0.4 is 10.2 Å². The molecule has 0 aliphatic rings. The maximum Gasteiger partial charge on any atom is 0.277 e. The Hall–Kier alpha value is -1.07. The fraction of sp³-hybridized carbons (Fsp3) is 0.0667. The molecule has 2 aromatic rings. The normalized spacial score (nSPS) is 10.7. The van der Waals surface area contributed by atoms with E-state index in [9.17, 15) is 9.90 Å². The second kappa shape index (κ2) is 8.69. The average molecular weight is 557 g/mol. The van der Waals surface area contributed by atoms with Crippen molar-refractivity contribution in [2.45, 2.75) is 0 Å². The van der Waals surface area contributed by atoms with Gasteiger partial charge in [-0.1, -0.05) is 11.6 Å². The molecule has 0 atom stereocenters. The molecule has 5 nitrogen and oxygen atoms in total. The molecule has 2 rings (SSSR count). The van der Waals surface area contributed by atoms with Gasteiger partial charge >= 0.3 is 0 Å². The van der Waals surface area contributed by atoms with Gasteiger partial charge in [0.2, 0.25) is 0 Å². The molecule has 23 heavy (non-hydrogen) atoms. The molecule has 120 valence electrons. The number of nitrogens with one attached hydrogen (secondary N) is 1. The molecule has 8 heteroatoms. The van der Waals surface area contributed by atoms with Crippen molar-refractivity contribution >= 4 is 68.9 Å². The first kappa shape index (κ1) is 18.3. The van der Waals surface area contributed by atoms with Crippen molar-refractivity contribution in [3.63, 3.8) is 0 Å². The Bertz CT molecular complexity index is 713. The summed E-state index contributed by atoms with van der Waals surface area (Å²) >= 11 is 9.82. The summed E-state index contributed by atoms with van der Waals surface area (Å²) in [5, 5.41) is 14.2. The van der Waals surface area contributed by atoms with Gasteiger partial charge in [0.05, 0.1) is 13.4 Å². The molecule has 0 saturated heterocycles. The maximum absolute atomic E-state index is 11.6. The van der Waals surface area contributed by atoms with Crippen LogP contribution >= 0.6 is 56.8 Å². The third kappa shape index (κ3) is 5.81. The van der Waals surface area contributed by atoms with Crippen LogP contribution in [0.25, 0.3) is 0 Å².